The highest BCUT2D eigenvalue weighted by molar-refractivity contribution is 7.91. The van der Waals surface area contributed by atoms with Crippen LogP contribution in [0.15, 0.2) is 16.3 Å². The first-order valence-corrected chi connectivity index (χ1v) is 9.92. The van der Waals surface area contributed by atoms with Gasteiger partial charge in [-0.3, -0.25) is 0 Å². The largest absolute Gasteiger partial charge is 0.396 e. The lowest BCUT2D eigenvalue weighted by Crippen LogP contribution is -2.40. The first-order chi connectivity index (χ1) is 9.95. The molecular weight excluding hydrogens is 306 g/mol. The first-order valence-electron chi connectivity index (χ1n) is 7.66. The highest BCUT2D eigenvalue weighted by Crippen LogP contribution is 2.32. The van der Waals surface area contributed by atoms with Crippen molar-refractivity contribution in [3.05, 3.63) is 17.0 Å². The maximum absolute atomic E-state index is 12.9. The lowest BCUT2D eigenvalue weighted by atomic mass is 10.2. The van der Waals surface area contributed by atoms with Crippen LogP contribution in [0.4, 0.5) is 0 Å². The summed E-state index contributed by atoms with van der Waals surface area (Å²) in [6, 6.07) is 3.66. The fourth-order valence-corrected chi connectivity index (χ4v) is 6.17. The molecule has 0 aliphatic heterocycles. The fraction of sp³-hybridized carbons (Fsp3) is 0.733. The number of rotatable bonds is 7. The van der Waals surface area contributed by atoms with Crippen molar-refractivity contribution in [2.75, 3.05) is 13.2 Å². The predicted molar refractivity (Wildman–Crippen MR) is 86.1 cm³/mol. The van der Waals surface area contributed by atoms with Crippen LogP contribution in [-0.2, 0) is 16.4 Å². The van der Waals surface area contributed by atoms with E-state index in [1.54, 1.807) is 10.4 Å². The van der Waals surface area contributed by atoms with Crippen LogP contribution in [-0.4, -0.2) is 37.0 Å². The Kier molecular flexibility index (Phi) is 5.82. The minimum absolute atomic E-state index is 0.0539. The zero-order chi connectivity index (χ0) is 15.5. The Bertz CT molecular complexity index is 545. The zero-order valence-electron chi connectivity index (χ0n) is 12.8. The van der Waals surface area contributed by atoms with Crippen LogP contribution in [0.2, 0.25) is 0 Å². The normalized spacial score (nSPS) is 17.2. The number of sulfonamides is 1. The monoisotopic (exact) mass is 331 g/mol. The van der Waals surface area contributed by atoms with Gasteiger partial charge in [0.1, 0.15) is 4.21 Å². The number of hydrogen-bond donors (Lipinski definition) is 1. The Morgan fingerprint density at radius 1 is 1.33 bits per heavy atom. The Morgan fingerprint density at radius 3 is 2.57 bits per heavy atom. The van der Waals surface area contributed by atoms with Gasteiger partial charge in [0.25, 0.3) is 10.0 Å². The van der Waals surface area contributed by atoms with Crippen molar-refractivity contribution in [2.24, 2.45) is 5.92 Å². The molecule has 1 N–H and O–H groups in total. The molecule has 120 valence electrons. The molecule has 1 aromatic heterocycles. The summed E-state index contributed by atoms with van der Waals surface area (Å²) in [6.45, 7) is 4.75. The number of aliphatic hydroxyl groups is 1. The van der Waals surface area contributed by atoms with Crippen LogP contribution in [0.3, 0.4) is 0 Å². The summed E-state index contributed by atoms with van der Waals surface area (Å²) in [6.07, 6.45) is 4.71. The molecule has 1 aliphatic carbocycles. The molecule has 4 nitrogen and oxygen atoms in total. The Balaban J connectivity index is 2.26. The number of hydrogen-bond acceptors (Lipinski definition) is 4. The third-order valence-corrected chi connectivity index (χ3v) is 7.37. The summed E-state index contributed by atoms with van der Waals surface area (Å²) in [5.74, 6) is 0.317. The molecule has 0 amide bonds. The van der Waals surface area contributed by atoms with E-state index in [0.717, 1.165) is 30.6 Å². The molecule has 0 unspecified atom stereocenters. The van der Waals surface area contributed by atoms with Gasteiger partial charge in [0.15, 0.2) is 0 Å². The highest BCUT2D eigenvalue weighted by Gasteiger charge is 2.34. The summed E-state index contributed by atoms with van der Waals surface area (Å²) in [5.41, 5.74) is 0. The summed E-state index contributed by atoms with van der Waals surface area (Å²) < 4.78 is 28.0. The van der Waals surface area contributed by atoms with Gasteiger partial charge >= 0.3 is 0 Å². The molecule has 2 rings (SSSR count). The molecule has 0 aromatic carbocycles. The molecule has 1 aromatic rings. The summed E-state index contributed by atoms with van der Waals surface area (Å²) in [7, 11) is -3.41. The highest BCUT2D eigenvalue weighted by atomic mass is 32.2. The lowest BCUT2D eigenvalue weighted by molar-refractivity contribution is 0.293. The predicted octanol–water partition coefficient (Wildman–Crippen LogP) is 2.87. The lowest BCUT2D eigenvalue weighted by Gasteiger charge is -2.29. The number of thiophene rings is 1. The van der Waals surface area contributed by atoms with Gasteiger partial charge in [-0.2, -0.15) is 4.31 Å². The Morgan fingerprint density at radius 2 is 2.00 bits per heavy atom. The fourth-order valence-electron chi connectivity index (χ4n) is 2.85. The summed E-state index contributed by atoms with van der Waals surface area (Å²) in [5, 5.41) is 8.98. The maximum atomic E-state index is 12.9. The van der Waals surface area contributed by atoms with Crippen molar-refractivity contribution in [2.45, 2.75) is 56.2 Å². The molecule has 0 spiro atoms. The van der Waals surface area contributed by atoms with Crippen molar-refractivity contribution >= 4 is 21.4 Å². The van der Waals surface area contributed by atoms with E-state index in [9.17, 15) is 8.42 Å². The van der Waals surface area contributed by atoms with Crippen LogP contribution in [0.5, 0.6) is 0 Å². The smallest absolute Gasteiger partial charge is 0.252 e. The van der Waals surface area contributed by atoms with Gasteiger partial charge in [0.2, 0.25) is 0 Å². The second-order valence-electron chi connectivity index (χ2n) is 6.10. The van der Waals surface area contributed by atoms with Crippen LogP contribution in [0.25, 0.3) is 0 Å². The molecule has 0 bridgehead atoms. The third kappa shape index (κ3) is 4.06. The van der Waals surface area contributed by atoms with E-state index in [4.69, 9.17) is 5.11 Å². The van der Waals surface area contributed by atoms with E-state index >= 15 is 0 Å². The maximum Gasteiger partial charge on any atom is 0.252 e. The summed E-state index contributed by atoms with van der Waals surface area (Å²) in [4.78, 5) is 0.923. The standard InChI is InChI=1S/C15H25NO3S2/c1-12(2)11-16(13-5-3-4-6-13)21(18,19)15-8-7-14(20-15)9-10-17/h7-8,12-13,17H,3-6,9-11H2,1-2H3. The number of nitrogens with zero attached hydrogens (tertiary/aromatic N) is 1. The molecule has 0 atom stereocenters. The molecule has 1 heterocycles. The second-order valence-corrected chi connectivity index (χ2v) is 9.39. The molecule has 21 heavy (non-hydrogen) atoms. The molecular formula is C15H25NO3S2. The minimum atomic E-state index is -3.41. The van der Waals surface area contributed by atoms with Crippen LogP contribution in [0, 0.1) is 5.92 Å². The van der Waals surface area contributed by atoms with Gasteiger partial charge in [-0.15, -0.1) is 11.3 Å². The van der Waals surface area contributed by atoms with E-state index in [-0.39, 0.29) is 12.6 Å². The molecule has 1 saturated carbocycles. The average molecular weight is 332 g/mol. The van der Waals surface area contributed by atoms with Gasteiger partial charge in [0.05, 0.1) is 0 Å². The Hall–Kier alpha value is -0.430. The molecule has 6 heteroatoms. The first kappa shape index (κ1) is 16.9. The SMILES string of the molecule is CC(C)CN(C1CCCC1)S(=O)(=O)c1ccc(CCO)s1. The van der Waals surface area contributed by atoms with Crippen LogP contribution in [0.1, 0.15) is 44.4 Å². The molecule has 1 fully saturated rings. The topological polar surface area (TPSA) is 57.6 Å². The van der Waals surface area contributed by atoms with E-state index in [0.29, 0.717) is 23.1 Å². The van der Waals surface area contributed by atoms with E-state index < -0.39 is 10.0 Å². The van der Waals surface area contributed by atoms with Gasteiger partial charge < -0.3 is 5.11 Å². The quantitative estimate of drug-likeness (QED) is 0.836. The van der Waals surface area contributed by atoms with Crippen molar-refractivity contribution < 1.29 is 13.5 Å². The van der Waals surface area contributed by atoms with Gasteiger partial charge in [-0.1, -0.05) is 26.7 Å². The molecule has 0 saturated heterocycles. The van der Waals surface area contributed by atoms with Crippen molar-refractivity contribution in [3.8, 4) is 0 Å². The van der Waals surface area contributed by atoms with Crippen LogP contribution >= 0.6 is 11.3 Å². The zero-order valence-corrected chi connectivity index (χ0v) is 14.4. The van der Waals surface area contributed by atoms with E-state index in [1.807, 2.05) is 6.07 Å². The Labute approximate surface area is 131 Å². The van der Waals surface area contributed by atoms with Crippen LogP contribution < -0.4 is 0 Å². The summed E-state index contributed by atoms with van der Waals surface area (Å²) >= 11 is 1.29. The van der Waals surface area contributed by atoms with Gasteiger partial charge in [-0.05, 0) is 30.9 Å². The van der Waals surface area contributed by atoms with Crippen molar-refractivity contribution in [3.63, 3.8) is 0 Å². The molecule has 0 radical (unpaired) electrons. The number of aliphatic hydroxyl groups excluding tert-OH is 1. The average Bonchev–Trinajstić information content (AvgIpc) is 3.07. The van der Waals surface area contributed by atoms with Crippen molar-refractivity contribution in [1.29, 1.82) is 0 Å². The second kappa shape index (κ2) is 7.22. The van der Waals surface area contributed by atoms with E-state index in [2.05, 4.69) is 13.8 Å². The van der Waals surface area contributed by atoms with E-state index in [1.165, 1.54) is 11.3 Å². The van der Waals surface area contributed by atoms with Crippen molar-refractivity contribution in [1.82, 2.24) is 4.31 Å². The molecule has 1 aliphatic rings. The van der Waals surface area contributed by atoms with Gasteiger partial charge in [0, 0.05) is 30.5 Å². The minimum Gasteiger partial charge on any atom is -0.396 e. The third-order valence-electron chi connectivity index (χ3n) is 3.84. The van der Waals surface area contributed by atoms with Gasteiger partial charge in [-0.25, -0.2) is 8.42 Å².